The van der Waals surface area contributed by atoms with Crippen LogP contribution < -0.4 is 25.0 Å². The maximum atomic E-state index is 13.6. The molecule has 4 aromatic rings. The lowest BCUT2D eigenvalue weighted by Crippen LogP contribution is -2.39. The molecule has 2 N–H and O–H groups in total. The molecule has 0 heterocycles. The van der Waals surface area contributed by atoms with Gasteiger partial charge in [0.25, 0.3) is 11.8 Å². The first-order valence-corrected chi connectivity index (χ1v) is 14.9. The van der Waals surface area contributed by atoms with Gasteiger partial charge in [0, 0.05) is 18.3 Å². The number of carbonyl (C=O) groups is 2. The summed E-state index contributed by atoms with van der Waals surface area (Å²) in [7, 11) is -1.26. The lowest BCUT2D eigenvalue weighted by atomic mass is 10.2. The van der Waals surface area contributed by atoms with Crippen molar-refractivity contribution in [3.8, 4) is 17.2 Å². The summed E-state index contributed by atoms with van der Waals surface area (Å²) in [6.07, 6.45) is 1.41. The number of amides is 2. The normalized spacial score (nSPS) is 11.2. The van der Waals surface area contributed by atoms with Crippen LogP contribution in [0.25, 0.3) is 0 Å². The van der Waals surface area contributed by atoms with Gasteiger partial charge in [0.15, 0.2) is 18.1 Å². The van der Waals surface area contributed by atoms with Crippen LogP contribution >= 0.6 is 0 Å². The van der Waals surface area contributed by atoms with Crippen LogP contribution in [0.5, 0.6) is 17.2 Å². The van der Waals surface area contributed by atoms with E-state index in [0.717, 1.165) is 4.31 Å². The first kappa shape index (κ1) is 31.7. The van der Waals surface area contributed by atoms with Gasteiger partial charge in [0.1, 0.15) is 5.75 Å². The maximum absolute atomic E-state index is 13.6. The standard InChI is InChI=1S/C32H32N4O7S/c1-41-29-18-17-28(19-30(29)42-2)44(39,40)36(21-25-9-5-3-6-10-25)22-31(37)35-33-20-24-13-15-27(16-14-24)43-23-32(38)34-26-11-7-4-8-12-26/h3-20H,21-23H2,1-2H3,(H,34,38)(H,35,37)/b33-20+. The fraction of sp³-hybridized carbons (Fsp3) is 0.156. The van der Waals surface area contributed by atoms with E-state index in [0.29, 0.717) is 28.3 Å². The number of carbonyl (C=O) groups excluding carboxylic acids is 2. The molecule has 12 heteroatoms. The molecule has 228 valence electrons. The molecule has 0 radical (unpaired) electrons. The molecule has 0 aliphatic carbocycles. The Kier molecular flexibility index (Phi) is 11.0. The van der Waals surface area contributed by atoms with Crippen LogP contribution in [0.3, 0.4) is 0 Å². The fourth-order valence-corrected chi connectivity index (χ4v) is 5.43. The number of nitrogens with zero attached hydrogens (tertiary/aromatic N) is 2. The van der Waals surface area contributed by atoms with Crippen LogP contribution in [0.1, 0.15) is 11.1 Å². The third kappa shape index (κ3) is 8.90. The first-order chi connectivity index (χ1) is 21.3. The molecule has 0 aliphatic rings. The van der Waals surface area contributed by atoms with Crippen molar-refractivity contribution in [2.24, 2.45) is 5.10 Å². The molecule has 0 atom stereocenters. The Morgan fingerprint density at radius 2 is 1.48 bits per heavy atom. The van der Waals surface area contributed by atoms with Crippen LogP contribution in [-0.4, -0.2) is 58.1 Å². The monoisotopic (exact) mass is 616 g/mol. The number of para-hydroxylation sites is 1. The van der Waals surface area contributed by atoms with Gasteiger partial charge in [-0.1, -0.05) is 48.5 Å². The van der Waals surface area contributed by atoms with E-state index in [2.05, 4.69) is 15.8 Å². The molecule has 4 rings (SSSR count). The molecule has 0 unspecified atom stereocenters. The van der Waals surface area contributed by atoms with E-state index in [-0.39, 0.29) is 29.7 Å². The second-order valence-electron chi connectivity index (χ2n) is 9.34. The van der Waals surface area contributed by atoms with Crippen LogP contribution in [-0.2, 0) is 26.2 Å². The van der Waals surface area contributed by atoms with Gasteiger partial charge in [-0.15, -0.1) is 0 Å². The largest absolute Gasteiger partial charge is 0.493 e. The molecule has 0 aromatic heterocycles. The van der Waals surface area contributed by atoms with Gasteiger partial charge in [-0.05, 0) is 59.7 Å². The summed E-state index contributed by atoms with van der Waals surface area (Å²) in [5.74, 6) is 0.173. The second kappa shape index (κ2) is 15.3. The molecule has 0 bridgehead atoms. The van der Waals surface area contributed by atoms with Gasteiger partial charge in [0.2, 0.25) is 10.0 Å². The molecule has 0 spiro atoms. The number of hydrogen-bond donors (Lipinski definition) is 2. The van der Waals surface area contributed by atoms with E-state index >= 15 is 0 Å². The molecule has 2 amide bonds. The van der Waals surface area contributed by atoms with Gasteiger partial charge >= 0.3 is 0 Å². The van der Waals surface area contributed by atoms with E-state index in [1.54, 1.807) is 60.7 Å². The van der Waals surface area contributed by atoms with Crippen LogP contribution in [0.15, 0.2) is 113 Å². The summed E-state index contributed by atoms with van der Waals surface area (Å²) < 4.78 is 44.3. The molecule has 44 heavy (non-hydrogen) atoms. The Morgan fingerprint density at radius 1 is 0.818 bits per heavy atom. The average molecular weight is 617 g/mol. The summed E-state index contributed by atoms with van der Waals surface area (Å²) >= 11 is 0. The first-order valence-electron chi connectivity index (χ1n) is 13.4. The number of rotatable bonds is 14. The Morgan fingerprint density at radius 3 is 2.14 bits per heavy atom. The van der Waals surface area contributed by atoms with Crippen molar-refractivity contribution in [1.82, 2.24) is 9.73 Å². The Balaban J connectivity index is 1.37. The van der Waals surface area contributed by atoms with Gasteiger partial charge in [-0.25, -0.2) is 13.8 Å². The highest BCUT2D eigenvalue weighted by Gasteiger charge is 2.28. The van der Waals surface area contributed by atoms with Gasteiger partial charge < -0.3 is 19.5 Å². The van der Waals surface area contributed by atoms with Crippen molar-refractivity contribution in [2.75, 3.05) is 32.7 Å². The number of hydrazone groups is 1. The third-order valence-corrected chi connectivity index (χ3v) is 8.01. The van der Waals surface area contributed by atoms with Crippen LogP contribution in [0.4, 0.5) is 5.69 Å². The van der Waals surface area contributed by atoms with Gasteiger partial charge in [0.05, 0.1) is 31.9 Å². The third-order valence-electron chi connectivity index (χ3n) is 6.22. The number of methoxy groups -OCH3 is 2. The van der Waals surface area contributed by atoms with Gasteiger partial charge in [-0.2, -0.15) is 9.41 Å². The minimum Gasteiger partial charge on any atom is -0.493 e. The topological polar surface area (TPSA) is 136 Å². The zero-order valence-corrected chi connectivity index (χ0v) is 25.0. The van der Waals surface area contributed by atoms with Gasteiger partial charge in [-0.3, -0.25) is 9.59 Å². The molecular formula is C32H32N4O7S. The van der Waals surface area contributed by atoms with Crippen molar-refractivity contribution in [2.45, 2.75) is 11.4 Å². The highest BCUT2D eigenvalue weighted by Crippen LogP contribution is 2.31. The lowest BCUT2D eigenvalue weighted by Gasteiger charge is -2.22. The second-order valence-corrected chi connectivity index (χ2v) is 11.3. The zero-order valence-electron chi connectivity index (χ0n) is 24.2. The number of benzene rings is 4. The number of nitrogens with one attached hydrogen (secondary N) is 2. The average Bonchev–Trinajstić information content (AvgIpc) is 3.04. The summed E-state index contributed by atoms with van der Waals surface area (Å²) in [6.45, 7) is -0.690. The van der Waals surface area contributed by atoms with Crippen molar-refractivity contribution >= 4 is 33.7 Å². The van der Waals surface area contributed by atoms with E-state index in [1.165, 1.54) is 38.6 Å². The summed E-state index contributed by atoms with van der Waals surface area (Å²) in [6, 6.07) is 29.0. The maximum Gasteiger partial charge on any atom is 0.262 e. The van der Waals surface area contributed by atoms with Crippen molar-refractivity contribution in [1.29, 1.82) is 0 Å². The number of anilines is 1. The Labute approximate surface area is 256 Å². The molecule has 11 nitrogen and oxygen atoms in total. The number of sulfonamides is 1. The van der Waals surface area contributed by atoms with E-state index in [9.17, 15) is 18.0 Å². The molecule has 0 fully saturated rings. The van der Waals surface area contributed by atoms with Crippen LogP contribution in [0.2, 0.25) is 0 Å². The van der Waals surface area contributed by atoms with Crippen molar-refractivity contribution < 1.29 is 32.2 Å². The predicted octanol–water partition coefficient (Wildman–Crippen LogP) is 4.06. The van der Waals surface area contributed by atoms with Crippen LogP contribution in [0, 0.1) is 0 Å². The summed E-state index contributed by atoms with van der Waals surface area (Å²) in [4.78, 5) is 24.9. The minimum atomic E-state index is -4.12. The van der Waals surface area contributed by atoms with Crippen molar-refractivity contribution in [3.63, 3.8) is 0 Å². The molecule has 0 saturated heterocycles. The molecule has 4 aromatic carbocycles. The van der Waals surface area contributed by atoms with E-state index < -0.39 is 22.5 Å². The Bertz CT molecular complexity index is 1680. The minimum absolute atomic E-state index is 0.0422. The fourth-order valence-electron chi connectivity index (χ4n) is 4.03. The van der Waals surface area contributed by atoms with E-state index in [1.807, 2.05) is 24.3 Å². The quantitative estimate of drug-likeness (QED) is 0.161. The lowest BCUT2D eigenvalue weighted by molar-refractivity contribution is -0.121. The molecule has 0 aliphatic heterocycles. The van der Waals surface area contributed by atoms with Crippen molar-refractivity contribution in [3.05, 3.63) is 114 Å². The highest BCUT2D eigenvalue weighted by molar-refractivity contribution is 7.89. The smallest absolute Gasteiger partial charge is 0.262 e. The number of ether oxygens (including phenoxy) is 3. The Hall–Kier alpha value is -5.20. The SMILES string of the molecule is COc1ccc(S(=O)(=O)N(CC(=O)N/N=C/c2ccc(OCC(=O)Nc3ccccc3)cc2)Cc2ccccc2)cc1OC. The predicted molar refractivity (Wildman–Crippen MR) is 166 cm³/mol. The van der Waals surface area contributed by atoms with E-state index in [4.69, 9.17) is 14.2 Å². The highest BCUT2D eigenvalue weighted by atomic mass is 32.2. The number of hydrogen-bond acceptors (Lipinski definition) is 8. The summed E-state index contributed by atoms with van der Waals surface area (Å²) in [5.41, 5.74) is 4.41. The molecular weight excluding hydrogens is 584 g/mol. The summed E-state index contributed by atoms with van der Waals surface area (Å²) in [5, 5.41) is 6.71. The zero-order chi connectivity index (χ0) is 31.4. The molecule has 0 saturated carbocycles.